The Labute approximate surface area is 204 Å². The molecule has 0 radical (unpaired) electrons. The third-order valence-corrected chi connectivity index (χ3v) is 6.33. The Morgan fingerprint density at radius 2 is 1.94 bits per heavy atom. The Morgan fingerprint density at radius 3 is 2.63 bits per heavy atom. The summed E-state index contributed by atoms with van der Waals surface area (Å²) in [4.78, 5) is 40.5. The zero-order chi connectivity index (χ0) is 24.9. The van der Waals surface area contributed by atoms with E-state index in [0.717, 1.165) is 35.3 Å². The Hall–Kier alpha value is -3.92. The van der Waals surface area contributed by atoms with Gasteiger partial charge in [0.2, 0.25) is 11.8 Å². The number of nitrogens with two attached hydrogens (primary N) is 2. The average Bonchev–Trinajstić information content (AvgIpc) is 3.50. The predicted molar refractivity (Wildman–Crippen MR) is 136 cm³/mol. The maximum atomic E-state index is 13.8. The van der Waals surface area contributed by atoms with Crippen LogP contribution in [0.2, 0.25) is 0 Å². The first-order valence-electron chi connectivity index (χ1n) is 11.8. The first kappa shape index (κ1) is 24.2. The summed E-state index contributed by atoms with van der Waals surface area (Å²) in [5.41, 5.74) is 14.2. The van der Waals surface area contributed by atoms with Crippen molar-refractivity contribution in [1.29, 1.82) is 0 Å². The van der Waals surface area contributed by atoms with Crippen molar-refractivity contribution in [3.05, 3.63) is 59.9 Å². The van der Waals surface area contributed by atoms with Gasteiger partial charge in [0.15, 0.2) is 5.96 Å². The fraction of sp³-hybridized carbons (Fsp3) is 0.360. The van der Waals surface area contributed by atoms with Gasteiger partial charge in [-0.25, -0.2) is 9.98 Å². The van der Waals surface area contributed by atoms with Crippen LogP contribution in [0, 0.1) is 0 Å². The van der Waals surface area contributed by atoms with E-state index in [0.29, 0.717) is 18.7 Å². The second kappa shape index (κ2) is 10.6. The Bertz CT molecular complexity index is 1180. The lowest BCUT2D eigenvalue weighted by atomic mass is 10.0. The zero-order valence-corrected chi connectivity index (χ0v) is 20.0. The van der Waals surface area contributed by atoms with Crippen LogP contribution in [0.5, 0.6) is 0 Å². The number of guanidine groups is 1. The molecule has 0 bridgehead atoms. The van der Waals surface area contributed by atoms with Crippen LogP contribution in [0.25, 0.3) is 11.0 Å². The number of H-pyrrole nitrogens is 1. The highest BCUT2D eigenvalue weighted by Gasteiger charge is 2.36. The summed E-state index contributed by atoms with van der Waals surface area (Å²) in [6, 6.07) is 13.8. The monoisotopic (exact) mass is 476 g/mol. The van der Waals surface area contributed by atoms with Gasteiger partial charge in [-0.3, -0.25) is 9.59 Å². The minimum Gasteiger partial charge on any atom is -0.370 e. The molecule has 1 aliphatic rings. The number of likely N-dealkylation sites (N-methyl/N-ethyl adjacent to an activating group) is 1. The Balaban J connectivity index is 1.58. The number of rotatable bonds is 8. The summed E-state index contributed by atoms with van der Waals surface area (Å²) in [6.07, 6.45) is 2.02. The highest BCUT2D eigenvalue weighted by atomic mass is 16.2. The summed E-state index contributed by atoms with van der Waals surface area (Å²) >= 11 is 0. The second-order valence-electron chi connectivity index (χ2n) is 8.81. The third-order valence-electron chi connectivity index (χ3n) is 6.33. The number of hydrogen-bond acceptors (Lipinski definition) is 5. The lowest BCUT2D eigenvalue weighted by molar-refractivity contribution is -0.137. The summed E-state index contributed by atoms with van der Waals surface area (Å²) in [5, 5.41) is 5.87. The first-order valence-corrected chi connectivity index (χ1v) is 11.8. The van der Waals surface area contributed by atoms with Gasteiger partial charge in [-0.1, -0.05) is 24.3 Å². The van der Waals surface area contributed by atoms with Crippen molar-refractivity contribution in [3.63, 3.8) is 0 Å². The normalized spacial score (nSPS) is 17.2. The van der Waals surface area contributed by atoms with Crippen molar-refractivity contribution in [1.82, 2.24) is 25.5 Å². The first-order chi connectivity index (χ1) is 16.9. The number of aromatic nitrogens is 2. The lowest BCUT2D eigenvalue weighted by Gasteiger charge is -2.29. The van der Waals surface area contributed by atoms with Crippen molar-refractivity contribution in [2.24, 2.45) is 16.5 Å². The van der Waals surface area contributed by atoms with E-state index in [-0.39, 0.29) is 23.8 Å². The maximum Gasteiger partial charge on any atom is 0.246 e. The van der Waals surface area contributed by atoms with Crippen LogP contribution in [0.3, 0.4) is 0 Å². The fourth-order valence-electron chi connectivity index (χ4n) is 4.36. The number of nitrogens with one attached hydrogen (secondary N) is 3. The quantitative estimate of drug-likeness (QED) is 0.245. The number of carbonyl (C=O) groups is 2. The molecule has 10 heteroatoms. The molecule has 4 rings (SSSR count). The van der Waals surface area contributed by atoms with Gasteiger partial charge in [0, 0.05) is 13.0 Å². The molecule has 3 atom stereocenters. The molecular weight excluding hydrogens is 444 g/mol. The molecule has 1 aliphatic heterocycles. The third kappa shape index (κ3) is 5.60. The van der Waals surface area contributed by atoms with Crippen LogP contribution in [0.4, 0.5) is 5.69 Å². The van der Waals surface area contributed by atoms with E-state index in [1.807, 2.05) is 41.3 Å². The van der Waals surface area contributed by atoms with Gasteiger partial charge in [-0.2, -0.15) is 0 Å². The highest BCUT2D eigenvalue weighted by molar-refractivity contribution is 5.90. The number of fused-ring (bicyclic) bond motifs is 1. The number of aromatic amines is 1. The molecule has 35 heavy (non-hydrogen) atoms. The summed E-state index contributed by atoms with van der Waals surface area (Å²) in [5.74, 6) is 0.387. The van der Waals surface area contributed by atoms with E-state index in [4.69, 9.17) is 16.5 Å². The molecule has 7 N–H and O–H groups in total. The molecule has 2 unspecified atom stereocenters. The van der Waals surface area contributed by atoms with Gasteiger partial charge in [0.25, 0.3) is 0 Å². The largest absolute Gasteiger partial charge is 0.370 e. The second-order valence-corrected chi connectivity index (χ2v) is 8.81. The van der Waals surface area contributed by atoms with Crippen LogP contribution < -0.4 is 22.1 Å². The lowest BCUT2D eigenvalue weighted by Crippen LogP contribution is -2.53. The number of imidazole rings is 1. The molecule has 10 nitrogen and oxygen atoms in total. The Morgan fingerprint density at radius 1 is 1.20 bits per heavy atom. The molecule has 0 spiro atoms. The standard InChI is InChI=1S/C25H32N8O2/c1-15(28-2)23(34)32-20(14-16-9-11-17(12-10-16)29-25(26)27)24(35)33-13-5-8-21(33)22-30-18-6-3-4-7-19(18)31-22/h3-4,6-7,9-12,15,20-21,28H,5,8,13-14H2,1-2H3,(H,30,31)(H,32,34)(H4,26,27,29)/t15-,20?,21?/m0/s1. The molecule has 1 fully saturated rings. The number of amides is 2. The van der Waals surface area contributed by atoms with Gasteiger partial charge in [-0.05, 0) is 56.6 Å². The van der Waals surface area contributed by atoms with Crippen LogP contribution >= 0.6 is 0 Å². The van der Waals surface area contributed by atoms with E-state index >= 15 is 0 Å². The van der Waals surface area contributed by atoms with Crippen molar-refractivity contribution < 1.29 is 9.59 Å². The number of para-hydroxylation sites is 2. The van der Waals surface area contributed by atoms with Gasteiger partial charge in [0.05, 0.1) is 28.8 Å². The smallest absolute Gasteiger partial charge is 0.246 e. The molecule has 0 aliphatic carbocycles. The molecule has 3 aromatic rings. The Kier molecular flexibility index (Phi) is 7.31. The molecule has 2 amide bonds. The number of likely N-dealkylation sites (tertiary alicyclic amines) is 1. The molecular formula is C25H32N8O2. The van der Waals surface area contributed by atoms with Crippen molar-refractivity contribution in [2.75, 3.05) is 13.6 Å². The SMILES string of the molecule is CN[C@@H](C)C(=O)NC(Cc1ccc(N=C(N)N)cc1)C(=O)N1CCCC1c1nc2ccccc2[nH]1. The summed E-state index contributed by atoms with van der Waals surface area (Å²) in [7, 11) is 1.71. The highest BCUT2D eigenvalue weighted by Crippen LogP contribution is 2.32. The van der Waals surface area contributed by atoms with Crippen LogP contribution in [-0.4, -0.2) is 58.3 Å². The van der Waals surface area contributed by atoms with Gasteiger partial charge >= 0.3 is 0 Å². The van der Waals surface area contributed by atoms with E-state index in [1.54, 1.807) is 26.1 Å². The number of carbonyl (C=O) groups excluding carboxylic acids is 2. The number of nitrogens with zero attached hydrogens (tertiary/aromatic N) is 3. The van der Waals surface area contributed by atoms with Crippen molar-refractivity contribution >= 4 is 34.5 Å². The zero-order valence-electron chi connectivity index (χ0n) is 20.0. The number of hydrogen-bond donors (Lipinski definition) is 5. The van der Waals surface area contributed by atoms with Gasteiger partial charge < -0.3 is 32.0 Å². The molecule has 1 aromatic heterocycles. The molecule has 1 saturated heterocycles. The molecule has 0 saturated carbocycles. The van der Waals surface area contributed by atoms with E-state index < -0.39 is 12.1 Å². The van der Waals surface area contributed by atoms with Gasteiger partial charge in [-0.15, -0.1) is 0 Å². The van der Waals surface area contributed by atoms with Crippen molar-refractivity contribution in [2.45, 2.75) is 44.3 Å². The van der Waals surface area contributed by atoms with Crippen LogP contribution in [0.1, 0.15) is 37.2 Å². The van der Waals surface area contributed by atoms with E-state index in [1.165, 1.54) is 0 Å². The molecule has 2 heterocycles. The maximum absolute atomic E-state index is 13.8. The average molecular weight is 477 g/mol. The van der Waals surface area contributed by atoms with E-state index in [2.05, 4.69) is 20.6 Å². The number of benzene rings is 2. The predicted octanol–water partition coefficient (Wildman–Crippen LogP) is 1.47. The van der Waals surface area contributed by atoms with Gasteiger partial charge in [0.1, 0.15) is 11.9 Å². The molecule has 184 valence electrons. The number of aliphatic imine (C=N–C) groups is 1. The van der Waals surface area contributed by atoms with Crippen molar-refractivity contribution in [3.8, 4) is 0 Å². The fourth-order valence-corrected chi connectivity index (χ4v) is 4.36. The molecule has 2 aromatic carbocycles. The van der Waals surface area contributed by atoms with E-state index in [9.17, 15) is 9.59 Å². The minimum atomic E-state index is -0.725. The van der Waals surface area contributed by atoms with Crippen LogP contribution in [-0.2, 0) is 16.0 Å². The minimum absolute atomic E-state index is 0.0233. The topological polar surface area (TPSA) is 155 Å². The summed E-state index contributed by atoms with van der Waals surface area (Å²) < 4.78 is 0. The summed E-state index contributed by atoms with van der Waals surface area (Å²) in [6.45, 7) is 2.37. The van der Waals surface area contributed by atoms with Crippen LogP contribution in [0.15, 0.2) is 53.5 Å².